The van der Waals surface area contributed by atoms with E-state index >= 15 is 0 Å². The van der Waals surface area contributed by atoms with Crippen molar-refractivity contribution in [2.45, 2.75) is 0 Å². The molecule has 0 aliphatic heterocycles. The molecule has 0 spiro atoms. The Bertz CT molecular complexity index is 719. The molecule has 0 aromatic carbocycles. The number of rotatable bonds is 3. The quantitative estimate of drug-likeness (QED) is 0.710. The van der Waals surface area contributed by atoms with Crippen molar-refractivity contribution in [2.75, 3.05) is 5.73 Å². The van der Waals surface area contributed by atoms with Crippen LogP contribution in [0.3, 0.4) is 0 Å². The molecule has 7 nitrogen and oxygen atoms in total. The van der Waals surface area contributed by atoms with Crippen LogP contribution in [0.1, 0.15) is 0 Å². The number of nitrogens with one attached hydrogen (secondary N) is 1. The van der Waals surface area contributed by atoms with Gasteiger partial charge in [0.15, 0.2) is 11.5 Å². The molecule has 98 valence electrons. The van der Waals surface area contributed by atoms with Crippen molar-refractivity contribution < 1.29 is 0 Å². The Morgan fingerprint density at radius 2 is 1.85 bits per heavy atom. The van der Waals surface area contributed by atoms with E-state index < -0.39 is 0 Å². The average molecular weight is 265 g/mol. The van der Waals surface area contributed by atoms with E-state index in [9.17, 15) is 0 Å². The summed E-state index contributed by atoms with van der Waals surface area (Å²) in [5.41, 5.74) is 8.56. The molecular weight excluding hydrogens is 254 g/mol. The standard InChI is InChI=1S/C13H11N7/c14-13-12(19-17-10-2-1-5-16-8-10)11(18-20-13)9-3-6-15-7-4-9/h1-8H,(H3,14,18,20). The van der Waals surface area contributed by atoms with Crippen LogP contribution in [-0.4, -0.2) is 20.2 Å². The number of azo groups is 1. The second-order valence-electron chi connectivity index (χ2n) is 3.98. The minimum absolute atomic E-state index is 0.296. The lowest BCUT2D eigenvalue weighted by Gasteiger charge is -1.98. The van der Waals surface area contributed by atoms with E-state index in [1.807, 2.05) is 12.1 Å². The lowest BCUT2D eigenvalue weighted by molar-refractivity contribution is 1.10. The van der Waals surface area contributed by atoms with Crippen molar-refractivity contribution in [2.24, 2.45) is 10.2 Å². The van der Waals surface area contributed by atoms with Gasteiger partial charge in [0, 0.05) is 24.2 Å². The average Bonchev–Trinajstić information content (AvgIpc) is 2.88. The first kappa shape index (κ1) is 12.0. The van der Waals surface area contributed by atoms with Gasteiger partial charge in [-0.1, -0.05) is 0 Å². The molecule has 0 bridgehead atoms. The van der Waals surface area contributed by atoms with Crippen LogP contribution in [0.4, 0.5) is 17.2 Å². The molecule has 0 unspecified atom stereocenters. The molecule has 20 heavy (non-hydrogen) atoms. The van der Waals surface area contributed by atoms with Crippen molar-refractivity contribution in [3.05, 3.63) is 49.1 Å². The molecule has 7 heteroatoms. The lowest BCUT2D eigenvalue weighted by Crippen LogP contribution is -1.83. The summed E-state index contributed by atoms with van der Waals surface area (Å²) in [6.45, 7) is 0. The second-order valence-corrected chi connectivity index (χ2v) is 3.98. The predicted molar refractivity (Wildman–Crippen MR) is 74.6 cm³/mol. The minimum Gasteiger partial charge on any atom is -0.380 e. The van der Waals surface area contributed by atoms with Crippen LogP contribution in [0.25, 0.3) is 11.3 Å². The van der Waals surface area contributed by atoms with Gasteiger partial charge in [-0.05, 0) is 24.3 Å². The SMILES string of the molecule is Nc1n[nH]c(-c2ccncc2)c1N=Nc1cccnc1. The molecule has 0 saturated carbocycles. The zero-order valence-electron chi connectivity index (χ0n) is 10.4. The van der Waals surface area contributed by atoms with Gasteiger partial charge in [-0.3, -0.25) is 15.1 Å². The third kappa shape index (κ3) is 2.37. The zero-order valence-corrected chi connectivity index (χ0v) is 10.4. The Balaban J connectivity index is 1.98. The van der Waals surface area contributed by atoms with E-state index in [4.69, 9.17) is 5.73 Å². The first-order chi connectivity index (χ1) is 9.84. The molecule has 0 amide bonds. The number of H-pyrrole nitrogens is 1. The van der Waals surface area contributed by atoms with E-state index in [-0.39, 0.29) is 0 Å². The number of pyridine rings is 2. The summed E-state index contributed by atoms with van der Waals surface area (Å²) in [6.07, 6.45) is 6.67. The molecule has 0 aliphatic rings. The normalized spacial score (nSPS) is 11.0. The van der Waals surface area contributed by atoms with Crippen LogP contribution in [0.5, 0.6) is 0 Å². The van der Waals surface area contributed by atoms with Crippen molar-refractivity contribution in [3.63, 3.8) is 0 Å². The van der Waals surface area contributed by atoms with Gasteiger partial charge in [-0.15, -0.1) is 10.2 Å². The molecule has 0 aliphatic carbocycles. The van der Waals surface area contributed by atoms with E-state index in [1.165, 1.54) is 0 Å². The Hall–Kier alpha value is -3.09. The third-order valence-corrected chi connectivity index (χ3v) is 2.65. The van der Waals surface area contributed by atoms with Crippen LogP contribution in [0.2, 0.25) is 0 Å². The summed E-state index contributed by atoms with van der Waals surface area (Å²) in [4.78, 5) is 7.94. The van der Waals surface area contributed by atoms with Gasteiger partial charge >= 0.3 is 0 Å². The predicted octanol–water partition coefficient (Wildman–Crippen LogP) is 2.86. The molecular formula is C13H11N7. The minimum atomic E-state index is 0.296. The molecule has 0 fully saturated rings. The van der Waals surface area contributed by atoms with Crippen molar-refractivity contribution >= 4 is 17.2 Å². The van der Waals surface area contributed by atoms with Crippen LogP contribution in [-0.2, 0) is 0 Å². The van der Waals surface area contributed by atoms with E-state index in [0.717, 1.165) is 5.56 Å². The highest BCUT2D eigenvalue weighted by molar-refractivity contribution is 5.78. The smallest absolute Gasteiger partial charge is 0.173 e. The molecule has 0 saturated heterocycles. The van der Waals surface area contributed by atoms with Gasteiger partial charge < -0.3 is 5.73 Å². The number of anilines is 1. The third-order valence-electron chi connectivity index (χ3n) is 2.65. The zero-order chi connectivity index (χ0) is 13.8. The van der Waals surface area contributed by atoms with Crippen LogP contribution in [0, 0.1) is 0 Å². The summed E-state index contributed by atoms with van der Waals surface area (Å²) in [7, 11) is 0. The fourth-order valence-electron chi connectivity index (χ4n) is 1.69. The first-order valence-corrected chi connectivity index (χ1v) is 5.90. The number of hydrogen-bond donors (Lipinski definition) is 2. The first-order valence-electron chi connectivity index (χ1n) is 5.90. The highest BCUT2D eigenvalue weighted by Gasteiger charge is 2.12. The molecule has 3 rings (SSSR count). The maximum atomic E-state index is 5.82. The number of aromatic amines is 1. The van der Waals surface area contributed by atoms with E-state index in [2.05, 4.69) is 30.4 Å². The fraction of sp³-hybridized carbons (Fsp3) is 0. The number of nitrogen functional groups attached to an aromatic ring is 1. The molecule has 3 N–H and O–H groups in total. The summed E-state index contributed by atoms with van der Waals surface area (Å²) in [5.74, 6) is 0.296. The van der Waals surface area contributed by atoms with Gasteiger partial charge in [0.2, 0.25) is 0 Å². The molecule has 3 aromatic rings. The van der Waals surface area contributed by atoms with Gasteiger partial charge in [-0.2, -0.15) is 5.10 Å². The van der Waals surface area contributed by atoms with Gasteiger partial charge in [0.05, 0.1) is 11.9 Å². The fourth-order valence-corrected chi connectivity index (χ4v) is 1.69. The summed E-state index contributed by atoms with van der Waals surface area (Å²) >= 11 is 0. The lowest BCUT2D eigenvalue weighted by atomic mass is 10.2. The summed E-state index contributed by atoms with van der Waals surface area (Å²) in [6, 6.07) is 7.28. The number of aromatic nitrogens is 4. The Kier molecular flexibility index (Phi) is 3.15. The monoisotopic (exact) mass is 265 g/mol. The summed E-state index contributed by atoms with van der Waals surface area (Å²) in [5, 5.41) is 15.1. The Morgan fingerprint density at radius 3 is 2.60 bits per heavy atom. The highest BCUT2D eigenvalue weighted by atomic mass is 15.2. The van der Waals surface area contributed by atoms with Crippen LogP contribution in [0.15, 0.2) is 59.3 Å². The Labute approximate surface area is 114 Å². The van der Waals surface area contributed by atoms with E-state index in [1.54, 1.807) is 36.9 Å². The van der Waals surface area contributed by atoms with Crippen LogP contribution >= 0.6 is 0 Å². The van der Waals surface area contributed by atoms with Gasteiger partial charge in [0.25, 0.3) is 0 Å². The number of nitrogens with zero attached hydrogens (tertiary/aromatic N) is 5. The molecule has 3 aromatic heterocycles. The van der Waals surface area contributed by atoms with Gasteiger partial charge in [-0.25, -0.2) is 0 Å². The molecule has 0 atom stereocenters. The Morgan fingerprint density at radius 1 is 1.00 bits per heavy atom. The van der Waals surface area contributed by atoms with Crippen molar-refractivity contribution in [1.82, 2.24) is 20.2 Å². The molecule has 3 heterocycles. The van der Waals surface area contributed by atoms with Crippen molar-refractivity contribution in [3.8, 4) is 11.3 Å². The highest BCUT2D eigenvalue weighted by Crippen LogP contribution is 2.33. The largest absolute Gasteiger partial charge is 0.380 e. The second kappa shape index (κ2) is 5.27. The number of nitrogens with two attached hydrogens (primary N) is 1. The van der Waals surface area contributed by atoms with Gasteiger partial charge in [0.1, 0.15) is 5.69 Å². The maximum absolute atomic E-state index is 5.82. The topological polar surface area (TPSA) is 105 Å². The maximum Gasteiger partial charge on any atom is 0.173 e. The van der Waals surface area contributed by atoms with Crippen LogP contribution < -0.4 is 5.73 Å². The molecule has 0 radical (unpaired) electrons. The van der Waals surface area contributed by atoms with Crippen molar-refractivity contribution in [1.29, 1.82) is 0 Å². The van der Waals surface area contributed by atoms with E-state index in [0.29, 0.717) is 22.9 Å². The number of hydrogen-bond acceptors (Lipinski definition) is 6. The summed E-state index contributed by atoms with van der Waals surface area (Å²) < 4.78 is 0.